The summed E-state index contributed by atoms with van der Waals surface area (Å²) in [5.74, 6) is -2.66. The number of likely N-dealkylation sites (tertiary alicyclic amines) is 1. The second-order valence-electron chi connectivity index (χ2n) is 6.99. The van der Waals surface area contributed by atoms with E-state index in [2.05, 4.69) is 15.3 Å². The lowest BCUT2D eigenvalue weighted by molar-refractivity contribution is -0.192. The monoisotopic (exact) mass is 423 g/mol. The van der Waals surface area contributed by atoms with Crippen molar-refractivity contribution in [2.45, 2.75) is 57.2 Å². The zero-order valence-corrected chi connectivity index (χ0v) is 16.7. The van der Waals surface area contributed by atoms with Gasteiger partial charge in [-0.25, -0.2) is 9.78 Å². The van der Waals surface area contributed by atoms with Crippen LogP contribution < -0.4 is 0 Å². The van der Waals surface area contributed by atoms with Crippen molar-refractivity contribution in [3.63, 3.8) is 0 Å². The number of hydrogen-bond donors (Lipinski definition) is 1. The van der Waals surface area contributed by atoms with Crippen molar-refractivity contribution in [1.29, 1.82) is 0 Å². The topological polar surface area (TPSA) is 83.0 Å². The fraction of sp³-hybridized carbons (Fsp3) is 0.706. The summed E-state index contributed by atoms with van der Waals surface area (Å²) in [5.41, 5.74) is 1.10. The van der Waals surface area contributed by atoms with Gasteiger partial charge in [0.2, 0.25) is 0 Å². The van der Waals surface area contributed by atoms with E-state index in [1.807, 2.05) is 6.92 Å². The second-order valence-corrected chi connectivity index (χ2v) is 7.93. The number of aryl methyl sites for hydroxylation is 1. The van der Waals surface area contributed by atoms with Gasteiger partial charge >= 0.3 is 12.1 Å². The summed E-state index contributed by atoms with van der Waals surface area (Å²) in [6.07, 6.45) is -2.24. The fourth-order valence-electron chi connectivity index (χ4n) is 3.33. The minimum absolute atomic E-state index is 0.0995. The molecule has 2 aliphatic rings. The molecule has 0 aliphatic carbocycles. The van der Waals surface area contributed by atoms with Crippen molar-refractivity contribution < 1.29 is 32.6 Å². The van der Waals surface area contributed by atoms with E-state index in [0.717, 1.165) is 38.0 Å². The molecule has 11 heteroatoms. The summed E-state index contributed by atoms with van der Waals surface area (Å²) in [5, 5.41) is 10.4. The van der Waals surface area contributed by atoms with Crippen LogP contribution in [0.2, 0.25) is 0 Å². The minimum Gasteiger partial charge on any atom is -0.475 e. The van der Waals surface area contributed by atoms with Crippen molar-refractivity contribution >= 4 is 23.2 Å². The van der Waals surface area contributed by atoms with Gasteiger partial charge in [-0.1, -0.05) is 0 Å². The molecule has 0 bridgehead atoms. The second kappa shape index (κ2) is 9.19. The van der Waals surface area contributed by atoms with E-state index < -0.39 is 12.1 Å². The van der Waals surface area contributed by atoms with Crippen molar-refractivity contribution in [3.8, 4) is 0 Å². The number of rotatable bonds is 3. The summed E-state index contributed by atoms with van der Waals surface area (Å²) in [4.78, 5) is 29.6. The van der Waals surface area contributed by atoms with Crippen LogP contribution >= 0.6 is 11.3 Å². The largest absolute Gasteiger partial charge is 0.490 e. The van der Waals surface area contributed by atoms with Crippen LogP contribution in [-0.2, 0) is 20.9 Å². The Kier molecular flexibility index (Phi) is 7.40. The molecule has 3 heterocycles. The molecule has 0 saturated carbocycles. The number of aliphatic carboxylic acids is 1. The van der Waals surface area contributed by atoms with E-state index in [0.29, 0.717) is 6.04 Å². The molecule has 0 spiro atoms. The average Bonchev–Trinajstić information content (AvgIpc) is 3.20. The van der Waals surface area contributed by atoms with Crippen LogP contribution in [-0.4, -0.2) is 76.8 Å². The Bertz CT molecular complexity index is 695. The standard InChI is InChI=1S/C15H23N3O2S.C2HF3O2/c1-10-9-21-14(16-10)8-18-7-6-12-11(18)4-5-13(20-12)15(19)17(2)3;3-2(4,5)1(6)7/h9,11-13H,4-8H2,1-3H3;(H,6,7)/t11-,12-,13+;/m1./s1. The van der Waals surface area contributed by atoms with Crippen LogP contribution in [0.25, 0.3) is 0 Å². The van der Waals surface area contributed by atoms with Gasteiger partial charge in [0.05, 0.1) is 12.6 Å². The number of amides is 1. The van der Waals surface area contributed by atoms with E-state index in [9.17, 15) is 18.0 Å². The number of fused-ring (bicyclic) bond motifs is 1. The normalized spacial score (nSPS) is 24.9. The Labute approximate surface area is 165 Å². The maximum atomic E-state index is 12.0. The van der Waals surface area contributed by atoms with Crippen LogP contribution in [0.5, 0.6) is 0 Å². The van der Waals surface area contributed by atoms with Crippen molar-refractivity contribution in [1.82, 2.24) is 14.8 Å². The maximum Gasteiger partial charge on any atom is 0.490 e. The zero-order chi connectivity index (χ0) is 21.1. The molecule has 1 aromatic heterocycles. The lowest BCUT2D eigenvalue weighted by Crippen LogP contribution is -2.47. The fourth-order valence-corrected chi connectivity index (χ4v) is 4.13. The molecule has 28 heavy (non-hydrogen) atoms. The first-order chi connectivity index (χ1) is 13.0. The third-order valence-corrected chi connectivity index (χ3v) is 5.58. The number of carboxylic acids is 1. The Balaban J connectivity index is 0.000000345. The molecule has 7 nitrogen and oxygen atoms in total. The number of carbonyl (C=O) groups is 2. The quantitative estimate of drug-likeness (QED) is 0.803. The number of thiazole rings is 1. The molecule has 1 aromatic rings. The molecule has 1 amide bonds. The summed E-state index contributed by atoms with van der Waals surface area (Å²) >= 11 is 1.73. The van der Waals surface area contributed by atoms with E-state index in [1.165, 1.54) is 5.01 Å². The Hall–Kier alpha value is -1.72. The third-order valence-electron chi connectivity index (χ3n) is 4.63. The number of nitrogens with zero attached hydrogens (tertiary/aromatic N) is 3. The highest BCUT2D eigenvalue weighted by Crippen LogP contribution is 2.33. The lowest BCUT2D eigenvalue weighted by Gasteiger charge is -2.36. The predicted molar refractivity (Wildman–Crippen MR) is 95.9 cm³/mol. The number of ether oxygens (including phenoxy) is 1. The Morgan fingerprint density at radius 3 is 2.50 bits per heavy atom. The van der Waals surface area contributed by atoms with Gasteiger partial charge in [0.25, 0.3) is 5.91 Å². The van der Waals surface area contributed by atoms with Crippen molar-refractivity contribution in [2.75, 3.05) is 20.6 Å². The maximum absolute atomic E-state index is 12.0. The van der Waals surface area contributed by atoms with E-state index >= 15 is 0 Å². The first kappa shape index (κ1) is 22.6. The number of alkyl halides is 3. The van der Waals surface area contributed by atoms with E-state index in [1.54, 1.807) is 30.3 Å². The molecule has 0 radical (unpaired) electrons. The Morgan fingerprint density at radius 1 is 1.36 bits per heavy atom. The van der Waals surface area contributed by atoms with Crippen molar-refractivity contribution in [2.24, 2.45) is 0 Å². The number of halogens is 3. The molecule has 0 unspecified atom stereocenters. The van der Waals surface area contributed by atoms with Gasteiger partial charge in [0.1, 0.15) is 11.1 Å². The van der Waals surface area contributed by atoms with Gasteiger partial charge in [0, 0.05) is 37.8 Å². The van der Waals surface area contributed by atoms with Crippen molar-refractivity contribution in [3.05, 3.63) is 16.1 Å². The molecule has 1 N–H and O–H groups in total. The first-order valence-electron chi connectivity index (χ1n) is 8.80. The van der Waals surface area contributed by atoms with E-state index in [4.69, 9.17) is 14.6 Å². The Morgan fingerprint density at radius 2 is 2.00 bits per heavy atom. The van der Waals surface area contributed by atoms with Crippen LogP contribution in [0.1, 0.15) is 30.0 Å². The number of aromatic nitrogens is 1. The number of carbonyl (C=O) groups excluding carboxylic acids is 1. The SMILES string of the molecule is Cc1csc(CN2CC[C@H]3O[C@H](C(=O)N(C)C)CC[C@H]32)n1.O=C(O)C(F)(F)F. The highest BCUT2D eigenvalue weighted by Gasteiger charge is 2.42. The lowest BCUT2D eigenvalue weighted by atomic mass is 9.98. The third kappa shape index (κ3) is 5.89. The summed E-state index contributed by atoms with van der Waals surface area (Å²) in [6.45, 7) is 3.99. The first-order valence-corrected chi connectivity index (χ1v) is 9.68. The highest BCUT2D eigenvalue weighted by molar-refractivity contribution is 7.09. The summed E-state index contributed by atoms with van der Waals surface area (Å²) < 4.78 is 37.8. The molecule has 158 valence electrons. The number of carboxylic acid groups (broad SMARTS) is 1. The number of hydrogen-bond acceptors (Lipinski definition) is 6. The van der Waals surface area contributed by atoms with E-state index in [-0.39, 0.29) is 18.1 Å². The highest BCUT2D eigenvalue weighted by atomic mass is 32.1. The van der Waals surface area contributed by atoms with Crippen LogP contribution in [0.4, 0.5) is 13.2 Å². The smallest absolute Gasteiger partial charge is 0.475 e. The molecule has 2 aliphatic heterocycles. The predicted octanol–water partition coefficient (Wildman–Crippen LogP) is 2.29. The van der Waals surface area contributed by atoms with Gasteiger partial charge in [-0.3, -0.25) is 9.69 Å². The van der Waals surface area contributed by atoms with Crippen LogP contribution in [0, 0.1) is 6.92 Å². The number of likely N-dealkylation sites (N-methyl/N-ethyl adjacent to an activating group) is 1. The van der Waals surface area contributed by atoms with Crippen LogP contribution in [0.15, 0.2) is 5.38 Å². The van der Waals surface area contributed by atoms with Crippen LogP contribution in [0.3, 0.4) is 0 Å². The average molecular weight is 423 g/mol. The van der Waals surface area contributed by atoms with Gasteiger partial charge in [-0.05, 0) is 26.2 Å². The summed E-state index contributed by atoms with van der Waals surface area (Å²) in [6, 6.07) is 0.445. The molecule has 0 aromatic carbocycles. The minimum atomic E-state index is -5.08. The molecule has 2 saturated heterocycles. The molecular weight excluding hydrogens is 399 g/mol. The molecule has 3 rings (SSSR count). The molecule has 3 atom stereocenters. The summed E-state index contributed by atoms with van der Waals surface area (Å²) in [7, 11) is 3.59. The zero-order valence-electron chi connectivity index (χ0n) is 15.9. The van der Waals surface area contributed by atoms with Gasteiger partial charge in [-0.2, -0.15) is 13.2 Å². The van der Waals surface area contributed by atoms with Gasteiger partial charge in [-0.15, -0.1) is 11.3 Å². The van der Waals surface area contributed by atoms with Gasteiger partial charge < -0.3 is 14.7 Å². The molecular formula is C17H24F3N3O4S. The molecule has 2 fully saturated rings. The van der Waals surface area contributed by atoms with Gasteiger partial charge in [0.15, 0.2) is 0 Å².